The van der Waals surface area contributed by atoms with Crippen LogP contribution in [0, 0.1) is 0 Å². The third-order valence-corrected chi connectivity index (χ3v) is 4.91. The third-order valence-electron chi connectivity index (χ3n) is 4.68. The second-order valence-electron chi connectivity index (χ2n) is 7.99. The van der Waals surface area contributed by atoms with Crippen molar-refractivity contribution in [2.75, 3.05) is 0 Å². The van der Waals surface area contributed by atoms with Crippen molar-refractivity contribution in [3.8, 4) is 17.2 Å². The van der Waals surface area contributed by atoms with Crippen molar-refractivity contribution in [3.05, 3.63) is 76.8 Å². The molecule has 5 nitrogen and oxygen atoms in total. The van der Waals surface area contributed by atoms with Gasteiger partial charge < -0.3 is 9.84 Å². The van der Waals surface area contributed by atoms with Crippen molar-refractivity contribution < 1.29 is 9.84 Å². The lowest BCUT2D eigenvalue weighted by Gasteiger charge is -2.23. The summed E-state index contributed by atoms with van der Waals surface area (Å²) in [5, 5.41) is 20.6. The van der Waals surface area contributed by atoms with Gasteiger partial charge in [-0.3, -0.25) is 0 Å². The number of fused-ring (bicyclic) bond motifs is 1. The fourth-order valence-electron chi connectivity index (χ4n) is 3.14. The lowest BCUT2D eigenvalue weighted by Crippen LogP contribution is -2.13. The summed E-state index contributed by atoms with van der Waals surface area (Å²) in [5.41, 5.74) is 3.36. The quantitative estimate of drug-likeness (QED) is 0.474. The molecule has 1 N–H and O–H groups in total. The monoisotopic (exact) mass is 407 g/mol. The molecule has 0 spiro atoms. The van der Waals surface area contributed by atoms with Crippen molar-refractivity contribution >= 4 is 22.6 Å². The first-order chi connectivity index (χ1) is 13.8. The van der Waals surface area contributed by atoms with Gasteiger partial charge in [0.1, 0.15) is 34.8 Å². The molecule has 1 heterocycles. The number of phenols is 1. The van der Waals surface area contributed by atoms with Crippen molar-refractivity contribution in [3.63, 3.8) is 0 Å². The first-order valence-corrected chi connectivity index (χ1v) is 9.76. The van der Waals surface area contributed by atoms with Gasteiger partial charge in [-0.05, 0) is 35.2 Å². The summed E-state index contributed by atoms with van der Waals surface area (Å²) in [4.78, 5) is 1.43. The highest BCUT2D eigenvalue weighted by molar-refractivity contribution is 6.31. The number of halogens is 1. The highest BCUT2D eigenvalue weighted by Crippen LogP contribution is 2.38. The van der Waals surface area contributed by atoms with Crippen molar-refractivity contribution in [2.24, 2.45) is 0 Å². The van der Waals surface area contributed by atoms with Gasteiger partial charge in [-0.25, -0.2) is 0 Å². The minimum absolute atomic E-state index is 0.135. The second-order valence-corrected chi connectivity index (χ2v) is 8.42. The number of rotatable bonds is 4. The van der Waals surface area contributed by atoms with Crippen molar-refractivity contribution in [2.45, 2.75) is 32.8 Å². The zero-order valence-corrected chi connectivity index (χ0v) is 17.3. The van der Waals surface area contributed by atoms with Gasteiger partial charge in [0, 0.05) is 16.7 Å². The van der Waals surface area contributed by atoms with E-state index in [9.17, 15) is 5.11 Å². The Bertz CT molecular complexity index is 1160. The molecule has 29 heavy (non-hydrogen) atoms. The zero-order valence-electron chi connectivity index (χ0n) is 16.6. The van der Waals surface area contributed by atoms with E-state index in [1.165, 1.54) is 4.80 Å². The molecule has 0 aliphatic rings. The number of benzene rings is 3. The van der Waals surface area contributed by atoms with Gasteiger partial charge in [0.15, 0.2) is 0 Å². The lowest BCUT2D eigenvalue weighted by molar-refractivity contribution is 0.304. The van der Waals surface area contributed by atoms with Crippen molar-refractivity contribution in [1.29, 1.82) is 0 Å². The molecule has 4 aromatic rings. The Kier molecular flexibility index (Phi) is 4.92. The summed E-state index contributed by atoms with van der Waals surface area (Å²) < 4.78 is 6.04. The molecular weight excluding hydrogens is 386 g/mol. The molecule has 0 aliphatic carbocycles. The largest absolute Gasteiger partial charge is 0.505 e. The van der Waals surface area contributed by atoms with Crippen LogP contribution in [0.3, 0.4) is 0 Å². The Balaban J connectivity index is 1.78. The van der Waals surface area contributed by atoms with Gasteiger partial charge in [-0.1, -0.05) is 62.7 Å². The van der Waals surface area contributed by atoms with Crippen LogP contribution in [0.4, 0.5) is 0 Å². The summed E-state index contributed by atoms with van der Waals surface area (Å²) in [7, 11) is 0. The summed E-state index contributed by atoms with van der Waals surface area (Å²) in [6, 6.07) is 18.9. The predicted molar refractivity (Wildman–Crippen MR) is 115 cm³/mol. The molecule has 0 amide bonds. The molecule has 3 aromatic carbocycles. The molecule has 0 bridgehead atoms. The summed E-state index contributed by atoms with van der Waals surface area (Å²) in [6.07, 6.45) is 0. The van der Waals surface area contributed by atoms with E-state index in [1.54, 1.807) is 24.3 Å². The number of hydrogen-bond acceptors (Lipinski definition) is 4. The van der Waals surface area contributed by atoms with Gasteiger partial charge >= 0.3 is 0 Å². The molecule has 0 aliphatic heterocycles. The first kappa shape index (κ1) is 19.3. The van der Waals surface area contributed by atoms with Crippen LogP contribution in [0.2, 0.25) is 5.02 Å². The van der Waals surface area contributed by atoms with E-state index in [2.05, 4.69) is 10.2 Å². The second kappa shape index (κ2) is 7.41. The van der Waals surface area contributed by atoms with E-state index in [-0.39, 0.29) is 11.2 Å². The van der Waals surface area contributed by atoms with E-state index >= 15 is 0 Å². The Hall–Kier alpha value is -3.05. The number of nitrogens with zero attached hydrogens (tertiary/aromatic N) is 3. The molecule has 0 radical (unpaired) electrons. The van der Waals surface area contributed by atoms with Crippen LogP contribution in [0.5, 0.6) is 11.5 Å². The van der Waals surface area contributed by atoms with Crippen LogP contribution >= 0.6 is 11.6 Å². The minimum atomic E-state index is -0.291. The maximum absolute atomic E-state index is 11.0. The fraction of sp³-hybridized carbons (Fsp3) is 0.217. The maximum Gasteiger partial charge on any atom is 0.147 e. The average molecular weight is 408 g/mol. The normalized spacial score (nSPS) is 11.7. The zero-order chi connectivity index (χ0) is 20.6. The van der Waals surface area contributed by atoms with E-state index < -0.39 is 0 Å². The van der Waals surface area contributed by atoms with E-state index in [1.807, 2.05) is 57.2 Å². The molecule has 0 saturated heterocycles. The molecule has 0 atom stereocenters. The molecule has 0 unspecified atom stereocenters. The fourth-order valence-corrected chi connectivity index (χ4v) is 3.30. The molecule has 0 fully saturated rings. The topological polar surface area (TPSA) is 60.2 Å². The summed E-state index contributed by atoms with van der Waals surface area (Å²) >= 11 is 6.07. The Morgan fingerprint density at radius 2 is 1.69 bits per heavy atom. The van der Waals surface area contributed by atoms with Crippen molar-refractivity contribution in [1.82, 2.24) is 15.0 Å². The van der Waals surface area contributed by atoms with E-state index in [0.717, 1.165) is 11.1 Å². The molecule has 0 saturated carbocycles. The molecule has 4 rings (SSSR count). The molecule has 6 heteroatoms. The van der Waals surface area contributed by atoms with Gasteiger partial charge in [-0.15, -0.1) is 15.0 Å². The summed E-state index contributed by atoms with van der Waals surface area (Å²) in [6.45, 7) is 6.55. The Morgan fingerprint density at radius 1 is 0.966 bits per heavy atom. The Labute approximate surface area is 174 Å². The smallest absolute Gasteiger partial charge is 0.147 e. The molecular formula is C23H22ClN3O2. The minimum Gasteiger partial charge on any atom is -0.505 e. The first-order valence-electron chi connectivity index (χ1n) is 9.38. The van der Waals surface area contributed by atoms with Crippen LogP contribution in [-0.4, -0.2) is 20.1 Å². The SMILES string of the molecule is CC(C)(C)c1cc(OCc2ccccc2)cc(-n2nc3ccc(Cl)cc3n2)c1O. The van der Waals surface area contributed by atoms with Gasteiger partial charge in [0.25, 0.3) is 0 Å². The predicted octanol–water partition coefficient (Wildman–Crippen LogP) is 5.66. The molecule has 148 valence electrons. The lowest BCUT2D eigenvalue weighted by atomic mass is 9.86. The highest BCUT2D eigenvalue weighted by Gasteiger charge is 2.24. The number of phenolic OH excluding ortho intramolecular Hbond substituents is 1. The average Bonchev–Trinajstić information content (AvgIpc) is 3.10. The van der Waals surface area contributed by atoms with Crippen LogP contribution in [0.25, 0.3) is 16.7 Å². The van der Waals surface area contributed by atoms with Crippen LogP contribution in [0.15, 0.2) is 60.7 Å². The standard InChI is InChI=1S/C23H22ClN3O2/c1-23(2,3)18-12-17(29-14-15-7-5-4-6-8-15)13-21(22(18)28)27-25-19-10-9-16(24)11-20(19)26-27/h4-13,28H,14H2,1-3H3. The van der Waals surface area contributed by atoms with E-state index in [4.69, 9.17) is 16.3 Å². The van der Waals surface area contributed by atoms with Crippen LogP contribution in [0.1, 0.15) is 31.9 Å². The third kappa shape index (κ3) is 4.05. The van der Waals surface area contributed by atoms with E-state index in [0.29, 0.717) is 34.1 Å². The number of hydrogen-bond donors (Lipinski definition) is 1. The highest BCUT2D eigenvalue weighted by atomic mass is 35.5. The molecule has 1 aromatic heterocycles. The summed E-state index contributed by atoms with van der Waals surface area (Å²) in [5.74, 6) is 0.780. The Morgan fingerprint density at radius 3 is 2.41 bits per heavy atom. The van der Waals surface area contributed by atoms with Crippen LogP contribution in [-0.2, 0) is 12.0 Å². The number of aromatic hydroxyl groups is 1. The van der Waals surface area contributed by atoms with Gasteiger partial charge in [-0.2, -0.15) is 0 Å². The van der Waals surface area contributed by atoms with Gasteiger partial charge in [0.05, 0.1) is 0 Å². The number of ether oxygens (including phenoxy) is 1. The number of aromatic nitrogens is 3. The maximum atomic E-state index is 11.0. The van der Waals surface area contributed by atoms with Gasteiger partial charge in [0.2, 0.25) is 0 Å². The van der Waals surface area contributed by atoms with Crippen LogP contribution < -0.4 is 4.74 Å².